The van der Waals surface area contributed by atoms with E-state index >= 15 is 0 Å². The Morgan fingerprint density at radius 1 is 1.21 bits per heavy atom. The molecule has 28 heavy (non-hydrogen) atoms. The van der Waals surface area contributed by atoms with Gasteiger partial charge in [0.2, 0.25) is 5.88 Å². The molecule has 142 valence electrons. The first kappa shape index (κ1) is 18.7. The van der Waals surface area contributed by atoms with Crippen molar-refractivity contribution in [1.29, 1.82) is 0 Å². The predicted octanol–water partition coefficient (Wildman–Crippen LogP) is 3.21. The van der Waals surface area contributed by atoms with E-state index in [1.807, 2.05) is 0 Å². The summed E-state index contributed by atoms with van der Waals surface area (Å²) in [5, 5.41) is 30.8. The minimum Gasteiger partial charge on any atom is -0.493 e. The third-order valence-electron chi connectivity index (χ3n) is 3.95. The van der Waals surface area contributed by atoms with Gasteiger partial charge < -0.3 is 15.4 Å². The van der Waals surface area contributed by atoms with Crippen molar-refractivity contribution in [2.45, 2.75) is 13.0 Å². The van der Waals surface area contributed by atoms with Crippen molar-refractivity contribution in [3.8, 4) is 5.88 Å². The van der Waals surface area contributed by atoms with Crippen molar-refractivity contribution < 1.29 is 19.6 Å². The Kier molecular flexibility index (Phi) is 5.12. The zero-order chi connectivity index (χ0) is 20.3. The fourth-order valence-electron chi connectivity index (χ4n) is 2.48. The Labute approximate surface area is 158 Å². The van der Waals surface area contributed by atoms with Gasteiger partial charge in [0, 0.05) is 23.1 Å². The summed E-state index contributed by atoms with van der Waals surface area (Å²) in [4.78, 5) is 37.2. The molecule has 0 saturated heterocycles. The standard InChI is InChI=1S/C18H15N5O5/c1-10(19-17(25)11-5-3-2-4-6-11)16(24)22-21-15-13-9-12(23(27)28)7-8-14(13)20-18(15)26/h2-10,20,26H,1H3,(H,19,25)/t10-/m1/s1. The van der Waals surface area contributed by atoms with Gasteiger partial charge in [-0.3, -0.25) is 19.7 Å². The number of nitrogens with one attached hydrogen (secondary N) is 2. The number of nitrogens with zero attached hydrogens (tertiary/aromatic N) is 3. The van der Waals surface area contributed by atoms with E-state index in [0.717, 1.165) is 0 Å². The van der Waals surface area contributed by atoms with Gasteiger partial charge in [0.05, 0.1) is 10.4 Å². The smallest absolute Gasteiger partial charge is 0.286 e. The summed E-state index contributed by atoms with van der Waals surface area (Å²) in [6, 6.07) is 11.3. The van der Waals surface area contributed by atoms with Gasteiger partial charge in [-0.25, -0.2) is 0 Å². The highest BCUT2D eigenvalue weighted by molar-refractivity contribution is 5.98. The number of amides is 2. The van der Waals surface area contributed by atoms with Gasteiger partial charge in [-0.15, -0.1) is 10.2 Å². The summed E-state index contributed by atoms with van der Waals surface area (Å²) in [5.41, 5.74) is 0.488. The maximum Gasteiger partial charge on any atom is 0.286 e. The first-order valence-corrected chi connectivity index (χ1v) is 8.17. The molecule has 2 amide bonds. The highest BCUT2D eigenvalue weighted by Crippen LogP contribution is 2.37. The number of azo groups is 1. The second-order valence-electron chi connectivity index (χ2n) is 5.91. The number of hydrogen-bond donors (Lipinski definition) is 3. The Hall–Kier alpha value is -4.08. The lowest BCUT2D eigenvalue weighted by molar-refractivity contribution is -0.384. The fourth-order valence-corrected chi connectivity index (χ4v) is 2.48. The molecular weight excluding hydrogens is 366 g/mol. The van der Waals surface area contributed by atoms with Crippen LogP contribution in [0.4, 0.5) is 11.4 Å². The molecule has 0 aliphatic rings. The minimum atomic E-state index is -0.960. The first-order valence-electron chi connectivity index (χ1n) is 8.17. The molecule has 3 rings (SSSR count). The summed E-state index contributed by atoms with van der Waals surface area (Å²) >= 11 is 0. The first-order chi connectivity index (χ1) is 13.4. The van der Waals surface area contributed by atoms with E-state index in [0.29, 0.717) is 11.1 Å². The largest absolute Gasteiger partial charge is 0.493 e. The Balaban J connectivity index is 1.78. The van der Waals surface area contributed by atoms with Crippen LogP contribution in [0.2, 0.25) is 0 Å². The molecule has 3 N–H and O–H groups in total. The van der Waals surface area contributed by atoms with Crippen LogP contribution < -0.4 is 5.32 Å². The number of H-pyrrole nitrogens is 1. The summed E-state index contributed by atoms with van der Waals surface area (Å²) in [6.07, 6.45) is 0. The number of aromatic hydroxyl groups is 1. The Morgan fingerprint density at radius 3 is 2.61 bits per heavy atom. The lowest BCUT2D eigenvalue weighted by atomic mass is 10.2. The number of non-ortho nitro benzene ring substituents is 1. The zero-order valence-electron chi connectivity index (χ0n) is 14.6. The predicted molar refractivity (Wildman–Crippen MR) is 99.5 cm³/mol. The second-order valence-corrected chi connectivity index (χ2v) is 5.91. The molecular formula is C18H15N5O5. The molecule has 1 aromatic heterocycles. The molecule has 0 unspecified atom stereocenters. The topological polar surface area (TPSA) is 150 Å². The SMILES string of the molecule is C[C@@H](NC(=O)c1ccccc1)C(=O)N=Nc1c(O)[nH]c2ccc([N+](=O)[O-])cc12. The van der Waals surface area contributed by atoms with E-state index in [2.05, 4.69) is 20.5 Å². The average Bonchev–Trinajstić information content (AvgIpc) is 3.00. The van der Waals surface area contributed by atoms with Crippen molar-refractivity contribution in [2.75, 3.05) is 0 Å². The number of aromatic nitrogens is 1. The van der Waals surface area contributed by atoms with Gasteiger partial charge in [0.1, 0.15) is 6.04 Å². The van der Waals surface area contributed by atoms with Gasteiger partial charge in [0.15, 0.2) is 5.69 Å². The Bertz CT molecular complexity index is 1090. The zero-order valence-corrected chi connectivity index (χ0v) is 14.6. The number of aromatic amines is 1. The van der Waals surface area contributed by atoms with E-state index in [1.54, 1.807) is 30.3 Å². The van der Waals surface area contributed by atoms with Crippen molar-refractivity contribution in [3.05, 3.63) is 64.2 Å². The molecule has 0 bridgehead atoms. The fraction of sp³-hybridized carbons (Fsp3) is 0.111. The van der Waals surface area contributed by atoms with Crippen LogP contribution in [0, 0.1) is 10.1 Å². The van der Waals surface area contributed by atoms with Gasteiger partial charge in [0.25, 0.3) is 17.5 Å². The number of carbonyl (C=O) groups is 2. The molecule has 0 aliphatic heterocycles. The number of nitro groups is 1. The van der Waals surface area contributed by atoms with Crippen LogP contribution in [0.25, 0.3) is 10.9 Å². The van der Waals surface area contributed by atoms with Crippen LogP contribution >= 0.6 is 0 Å². The van der Waals surface area contributed by atoms with Crippen LogP contribution in [-0.4, -0.2) is 32.9 Å². The number of nitro benzene ring substituents is 1. The second kappa shape index (κ2) is 7.66. The average molecular weight is 381 g/mol. The van der Waals surface area contributed by atoms with Crippen LogP contribution in [0.5, 0.6) is 5.88 Å². The molecule has 10 heteroatoms. The van der Waals surface area contributed by atoms with E-state index in [1.165, 1.54) is 25.1 Å². The quantitative estimate of drug-likeness (QED) is 0.352. The molecule has 1 atom stereocenters. The van der Waals surface area contributed by atoms with Crippen LogP contribution in [-0.2, 0) is 4.79 Å². The summed E-state index contributed by atoms with van der Waals surface area (Å²) < 4.78 is 0. The number of benzene rings is 2. The van der Waals surface area contributed by atoms with Gasteiger partial charge >= 0.3 is 0 Å². The highest BCUT2D eigenvalue weighted by atomic mass is 16.6. The maximum atomic E-state index is 12.2. The van der Waals surface area contributed by atoms with E-state index in [4.69, 9.17) is 0 Å². The molecule has 2 aromatic carbocycles. The van der Waals surface area contributed by atoms with Crippen molar-refractivity contribution >= 4 is 34.1 Å². The lowest BCUT2D eigenvalue weighted by Crippen LogP contribution is -2.37. The van der Waals surface area contributed by atoms with Crippen molar-refractivity contribution in [1.82, 2.24) is 10.3 Å². The molecule has 0 spiro atoms. The Morgan fingerprint density at radius 2 is 1.93 bits per heavy atom. The maximum absolute atomic E-state index is 12.2. The third-order valence-corrected chi connectivity index (χ3v) is 3.95. The van der Waals surface area contributed by atoms with Crippen LogP contribution in [0.3, 0.4) is 0 Å². The van der Waals surface area contributed by atoms with E-state index < -0.39 is 22.8 Å². The highest BCUT2D eigenvalue weighted by Gasteiger charge is 2.18. The monoisotopic (exact) mass is 381 g/mol. The molecule has 0 saturated carbocycles. The third kappa shape index (κ3) is 3.85. The molecule has 10 nitrogen and oxygen atoms in total. The molecule has 0 radical (unpaired) electrons. The minimum absolute atomic E-state index is 0.103. The van der Waals surface area contributed by atoms with E-state index in [9.17, 15) is 24.8 Å². The van der Waals surface area contributed by atoms with Gasteiger partial charge in [-0.1, -0.05) is 18.2 Å². The van der Waals surface area contributed by atoms with Gasteiger partial charge in [-0.05, 0) is 25.1 Å². The summed E-state index contributed by atoms with van der Waals surface area (Å²) in [7, 11) is 0. The van der Waals surface area contributed by atoms with Crippen LogP contribution in [0.15, 0.2) is 58.8 Å². The lowest BCUT2D eigenvalue weighted by Gasteiger charge is -2.09. The van der Waals surface area contributed by atoms with Crippen molar-refractivity contribution in [2.24, 2.45) is 10.2 Å². The summed E-state index contributed by atoms with van der Waals surface area (Å²) in [5.74, 6) is -1.57. The van der Waals surface area contributed by atoms with Crippen molar-refractivity contribution in [3.63, 3.8) is 0 Å². The van der Waals surface area contributed by atoms with E-state index in [-0.39, 0.29) is 22.6 Å². The molecule has 0 aliphatic carbocycles. The molecule has 1 heterocycles. The number of hydrogen-bond acceptors (Lipinski definition) is 6. The normalized spacial score (nSPS) is 12.2. The van der Waals surface area contributed by atoms with Gasteiger partial charge in [-0.2, -0.15) is 0 Å². The molecule has 3 aromatic rings. The van der Waals surface area contributed by atoms with Crippen LogP contribution in [0.1, 0.15) is 17.3 Å². The number of fused-ring (bicyclic) bond motifs is 1. The summed E-state index contributed by atoms with van der Waals surface area (Å²) in [6.45, 7) is 1.45. The number of rotatable bonds is 5. The number of carbonyl (C=O) groups excluding carboxylic acids is 2. The molecule has 0 fully saturated rings.